The zero-order valence-electron chi connectivity index (χ0n) is 61.2. The Labute approximate surface area is 607 Å². The summed E-state index contributed by atoms with van der Waals surface area (Å²) >= 11 is 6.87. The molecule has 4 heterocycles. The van der Waals surface area contributed by atoms with Gasteiger partial charge in [-0.25, -0.2) is 24.4 Å². The number of nitrogens with zero attached hydrogens (tertiary/aromatic N) is 5. The monoisotopic (exact) mass is 1440 g/mol. The smallest absolute Gasteiger partial charge is 0.424 e. The average Bonchev–Trinajstić information content (AvgIpc) is 1.58. The van der Waals surface area contributed by atoms with Gasteiger partial charge in [-0.2, -0.15) is 0 Å². The van der Waals surface area contributed by atoms with Gasteiger partial charge in [-0.15, -0.1) is 0 Å². The van der Waals surface area contributed by atoms with Gasteiger partial charge >= 0.3 is 24.1 Å². The van der Waals surface area contributed by atoms with Crippen LogP contribution >= 0.6 is 11.6 Å². The number of halogens is 1. The molecular formula is C77H99ClN8O17. The molecule has 3 aliphatic heterocycles. The Morgan fingerprint density at radius 2 is 1.55 bits per heavy atom. The molecule has 4 N–H and O–H groups in total. The van der Waals surface area contributed by atoms with E-state index in [4.69, 9.17) is 49.5 Å². The second-order valence-electron chi connectivity index (χ2n) is 28.3. The molecule has 26 heteroatoms. The second-order valence-corrected chi connectivity index (χ2v) is 28.6. The van der Waals surface area contributed by atoms with Crippen molar-refractivity contribution in [1.29, 1.82) is 0 Å². The van der Waals surface area contributed by atoms with Crippen molar-refractivity contribution in [2.45, 2.75) is 173 Å². The lowest BCUT2D eigenvalue weighted by molar-refractivity contribution is -0.162. The maximum Gasteiger partial charge on any atom is 0.424 e. The van der Waals surface area contributed by atoms with Crippen molar-refractivity contribution in [1.82, 2.24) is 35.4 Å². The van der Waals surface area contributed by atoms with E-state index in [1.54, 1.807) is 72.9 Å². The molecular weight excluding hydrogens is 1340 g/mol. The molecule has 0 saturated carbocycles. The average molecular weight is 1440 g/mol. The fourth-order valence-corrected chi connectivity index (χ4v) is 13.8. The number of epoxide rings is 1. The van der Waals surface area contributed by atoms with Crippen molar-refractivity contribution in [3.63, 3.8) is 0 Å². The summed E-state index contributed by atoms with van der Waals surface area (Å²) in [6.07, 6.45) is -0.282. The van der Waals surface area contributed by atoms with Crippen LogP contribution in [0.1, 0.15) is 121 Å². The minimum Gasteiger partial charge on any atom is -0.460 e. The summed E-state index contributed by atoms with van der Waals surface area (Å²) in [5.74, 6) is -3.91. The number of fused-ring (bicyclic) bond motifs is 9. The van der Waals surface area contributed by atoms with E-state index in [9.17, 15) is 43.5 Å². The van der Waals surface area contributed by atoms with Gasteiger partial charge < -0.3 is 68.0 Å². The number of aromatic nitrogens is 1. The molecule has 1 aromatic heterocycles. The van der Waals surface area contributed by atoms with Gasteiger partial charge in [0, 0.05) is 90.7 Å². The zero-order valence-corrected chi connectivity index (χ0v) is 62.0. The van der Waals surface area contributed by atoms with E-state index in [0.29, 0.717) is 17.1 Å². The van der Waals surface area contributed by atoms with Gasteiger partial charge in [0.25, 0.3) is 0 Å². The molecule has 4 aliphatic rings. The number of aliphatic hydroxyl groups is 1. The number of ether oxygens (including phenoxy) is 8. The van der Waals surface area contributed by atoms with E-state index in [0.717, 1.165) is 55.6 Å². The third-order valence-corrected chi connectivity index (χ3v) is 20.1. The van der Waals surface area contributed by atoms with E-state index in [1.807, 2.05) is 91.2 Å². The number of hydrogen-bond donors (Lipinski definition) is 4. The molecule has 2 fully saturated rings. The molecule has 9 atom stereocenters. The Kier molecular flexibility index (Phi) is 26.1. The lowest BCUT2D eigenvalue weighted by atomic mass is 9.83. The highest BCUT2D eigenvalue weighted by Gasteiger charge is 2.64. The quantitative estimate of drug-likeness (QED) is 0.0132. The highest BCUT2D eigenvalue weighted by Crippen LogP contribution is 2.50. The number of hydrazine groups is 1. The maximum atomic E-state index is 14.4. The molecule has 556 valence electrons. The minimum atomic E-state index is -1.88. The number of carbonyl (C=O) groups is 8. The van der Waals surface area contributed by atoms with Crippen molar-refractivity contribution in [3.8, 4) is 11.1 Å². The van der Waals surface area contributed by atoms with Crippen LogP contribution < -0.4 is 20.9 Å². The normalized spacial score (nSPS) is 22.6. The molecule has 0 radical (unpaired) electrons. The highest BCUT2D eigenvalue weighted by atomic mass is 35.5. The van der Waals surface area contributed by atoms with Crippen molar-refractivity contribution in [2.24, 2.45) is 5.92 Å². The third kappa shape index (κ3) is 19.6. The predicted octanol–water partition coefficient (Wildman–Crippen LogP) is 9.23. The first kappa shape index (κ1) is 78.4. The SMILES string of the molecule is CO[C@@H]1/C=C/C=C(\C)Cc2cc(C)c(Cl)c(c2)N(C)C(=O)C[C@H](OC(=O)[C@H](C)N(C)C(=O)CCOCCOCCNC(=O)[C@H](CCC(=O)OC(C)(C)C)NC(=O)CCn2c(CN(C)N(C)C(=O)OCC3c4ccccc4-c4ccccc43)cc3ccccc32)[C@]2(C)OC2[C@H](C)[C@@H]2C[C@]1(O)NC(=O)O2. The number of benzene rings is 4. The predicted molar refractivity (Wildman–Crippen MR) is 386 cm³/mol. The third-order valence-electron chi connectivity index (χ3n) is 19.6. The number of alkyl carbamates (subject to hydrolysis) is 1. The van der Waals surface area contributed by atoms with Crippen LogP contribution in [0.2, 0.25) is 5.02 Å². The lowest BCUT2D eigenvalue weighted by Gasteiger charge is -2.42. The first-order valence-corrected chi connectivity index (χ1v) is 35.4. The van der Waals surface area contributed by atoms with Gasteiger partial charge in [0.15, 0.2) is 5.72 Å². The van der Waals surface area contributed by atoms with Crippen LogP contribution in [-0.2, 0) is 86.2 Å². The summed E-state index contributed by atoms with van der Waals surface area (Å²) in [6.45, 7) is 14.9. The number of rotatable bonds is 26. The van der Waals surface area contributed by atoms with Crippen molar-refractivity contribution in [3.05, 3.63) is 148 Å². The molecule has 1 unspecified atom stereocenters. The molecule has 1 aliphatic carbocycles. The Morgan fingerprint density at radius 1 is 0.883 bits per heavy atom. The summed E-state index contributed by atoms with van der Waals surface area (Å²) in [7, 11) is 7.90. The van der Waals surface area contributed by atoms with Crippen LogP contribution in [0.15, 0.2) is 115 Å². The molecule has 4 bridgehead atoms. The summed E-state index contributed by atoms with van der Waals surface area (Å²) in [6, 6.07) is 27.6. The van der Waals surface area contributed by atoms with Crippen molar-refractivity contribution >= 4 is 75.9 Å². The minimum absolute atomic E-state index is 0.0292. The fourth-order valence-electron chi connectivity index (χ4n) is 13.5. The number of carbonyl (C=O) groups excluding carboxylic acids is 8. The lowest BCUT2D eigenvalue weighted by Crippen LogP contribution is -2.63. The molecule has 103 heavy (non-hydrogen) atoms. The van der Waals surface area contributed by atoms with E-state index in [-0.39, 0.29) is 97.1 Å². The number of likely N-dealkylation sites (N-methyl/N-ethyl adjacent to an activating group) is 1. The van der Waals surface area contributed by atoms with Crippen LogP contribution in [-0.4, -0.2) is 201 Å². The van der Waals surface area contributed by atoms with Gasteiger partial charge in [0.05, 0.1) is 62.6 Å². The first-order valence-electron chi connectivity index (χ1n) is 35.0. The molecule has 6 amide bonds. The topological polar surface area (TPSA) is 288 Å². The second kappa shape index (κ2) is 34.3. The molecule has 9 rings (SSSR count). The summed E-state index contributed by atoms with van der Waals surface area (Å²) in [5.41, 5.74) is 5.21. The van der Waals surface area contributed by atoms with Crippen LogP contribution in [0.25, 0.3) is 22.0 Å². The van der Waals surface area contributed by atoms with E-state index < -0.39 is 107 Å². The fraction of sp³-hybridized carbons (Fsp3) is 0.506. The number of para-hydroxylation sites is 1. The van der Waals surface area contributed by atoms with E-state index in [2.05, 4.69) is 40.2 Å². The molecule has 5 aromatic rings. The van der Waals surface area contributed by atoms with Gasteiger partial charge in [-0.05, 0) is 118 Å². The molecule has 2 saturated heterocycles. The van der Waals surface area contributed by atoms with Crippen LogP contribution in [0.3, 0.4) is 0 Å². The number of amides is 6. The first-order chi connectivity index (χ1) is 48.9. The Hall–Kier alpha value is -8.69. The van der Waals surface area contributed by atoms with Gasteiger partial charge in [0.2, 0.25) is 23.6 Å². The largest absolute Gasteiger partial charge is 0.460 e. The number of anilines is 1. The van der Waals surface area contributed by atoms with Gasteiger partial charge in [-0.1, -0.05) is 115 Å². The van der Waals surface area contributed by atoms with Crippen LogP contribution in [0.5, 0.6) is 0 Å². The molecule has 4 aromatic carbocycles. The maximum absolute atomic E-state index is 14.4. The summed E-state index contributed by atoms with van der Waals surface area (Å²) in [5, 5.41) is 24.6. The number of aryl methyl sites for hydroxylation is 2. The van der Waals surface area contributed by atoms with Crippen molar-refractivity contribution < 1.29 is 81.4 Å². The van der Waals surface area contributed by atoms with Gasteiger partial charge in [0.1, 0.15) is 48.2 Å². The number of nitrogens with one attached hydrogen (secondary N) is 3. The number of methoxy groups -OCH3 is 1. The van der Waals surface area contributed by atoms with E-state index >= 15 is 0 Å². The molecule has 25 nitrogen and oxygen atoms in total. The number of allylic oxidation sites excluding steroid dienone is 3. The number of hydrogen-bond acceptors (Lipinski definition) is 18. The zero-order chi connectivity index (χ0) is 74.7. The Morgan fingerprint density at radius 3 is 2.24 bits per heavy atom. The molecule has 0 spiro atoms. The van der Waals surface area contributed by atoms with Crippen molar-refractivity contribution in [2.75, 3.05) is 79.8 Å². The standard InChI is InChI=1S/C77H99ClN8O17/c1-47-21-20-28-63(96-13)77(95)44-62(100-73(93)81-77)49(3)70-76(8,103-70)64(43-67(89)84(11)61-41-51(39-47)40-48(2)69(61)78)101-72(92)50(4)83(10)66(88)32-35-97-37-38-98-36-33-79-71(91)59(29-30-68(90)102-75(5,6)7)80-65(87)31-34-86-53(42-52-22-14-19-27-60(52)86)45-82(9)85(12)74(94)99-46-58-56-25-17-15-23-54(56)55-24-16-18-26-57(55)58/h14-28,40-42,49-50,58-59,62-64,70,95H,29-39,43-46H2,1-13H3,(H,79,91)(H,80,87)(H,81,93)/b28-20+,47-21+/t49-,50+,59+,62+,63-,64+,70?,76+,77-/m1/s1. The summed E-state index contributed by atoms with van der Waals surface area (Å²) < 4.78 is 48.9. The van der Waals surface area contributed by atoms with E-state index in [1.165, 1.54) is 35.9 Å². The van der Waals surface area contributed by atoms with Crippen LogP contribution in [0, 0.1) is 12.8 Å². The Balaban J connectivity index is 0.741. The summed E-state index contributed by atoms with van der Waals surface area (Å²) in [4.78, 5) is 112. The van der Waals surface area contributed by atoms with Crippen LogP contribution in [0.4, 0.5) is 15.3 Å². The Bertz CT molecular complexity index is 3940. The highest BCUT2D eigenvalue weighted by molar-refractivity contribution is 6.34. The number of esters is 2. The van der Waals surface area contributed by atoms with Gasteiger partial charge in [-0.3, -0.25) is 29.3 Å².